The van der Waals surface area contributed by atoms with Gasteiger partial charge in [0.05, 0.1) is 18.8 Å². The van der Waals surface area contributed by atoms with Crippen LogP contribution in [-0.2, 0) is 14.2 Å². The average Bonchev–Trinajstić information content (AvgIpc) is 2.82. The minimum Gasteiger partial charge on any atom is -0.444 e. The number of carbonyl (C=O) groups excluding carboxylic acids is 1. The van der Waals surface area contributed by atoms with Gasteiger partial charge in [0.25, 0.3) is 0 Å². The van der Waals surface area contributed by atoms with Gasteiger partial charge in [-0.2, -0.15) is 0 Å². The Morgan fingerprint density at radius 2 is 1.96 bits per heavy atom. The molecule has 4 atom stereocenters. The van der Waals surface area contributed by atoms with Gasteiger partial charge >= 0.3 is 6.09 Å². The van der Waals surface area contributed by atoms with E-state index in [0.29, 0.717) is 30.9 Å². The van der Waals surface area contributed by atoms with Crippen molar-refractivity contribution in [1.29, 1.82) is 0 Å². The van der Waals surface area contributed by atoms with Crippen molar-refractivity contribution >= 4 is 6.09 Å². The van der Waals surface area contributed by atoms with E-state index in [0.717, 1.165) is 6.42 Å². The Bertz CT molecular complexity index is 497. The standard InChI is InChI=1S/C22H41NO4/c1-9-10-16(11-15(2)3)12-17-13-23(20(24)27-21(4,5)6)18-14-25-22(7,8)26-19(17)18/h15-19H,9-14H2,1-8H3. The van der Waals surface area contributed by atoms with Crippen LogP contribution in [-0.4, -0.2) is 47.7 Å². The lowest BCUT2D eigenvalue weighted by molar-refractivity contribution is -0.288. The van der Waals surface area contributed by atoms with Crippen LogP contribution in [0.15, 0.2) is 0 Å². The second kappa shape index (κ2) is 8.69. The van der Waals surface area contributed by atoms with E-state index in [1.807, 2.05) is 39.5 Å². The Balaban J connectivity index is 2.16. The molecule has 5 nitrogen and oxygen atoms in total. The Hall–Kier alpha value is -0.810. The predicted molar refractivity (Wildman–Crippen MR) is 108 cm³/mol. The van der Waals surface area contributed by atoms with Crippen LogP contribution in [0.25, 0.3) is 0 Å². The molecule has 2 heterocycles. The normalized spacial score (nSPS) is 28.9. The molecule has 0 bridgehead atoms. The molecular weight excluding hydrogens is 342 g/mol. The van der Waals surface area contributed by atoms with Crippen molar-refractivity contribution in [2.24, 2.45) is 17.8 Å². The topological polar surface area (TPSA) is 48.0 Å². The summed E-state index contributed by atoms with van der Waals surface area (Å²) in [7, 11) is 0. The van der Waals surface area contributed by atoms with Gasteiger partial charge in [-0.05, 0) is 59.3 Å². The first kappa shape index (κ1) is 22.5. The van der Waals surface area contributed by atoms with Gasteiger partial charge in [-0.25, -0.2) is 4.79 Å². The van der Waals surface area contributed by atoms with E-state index < -0.39 is 11.4 Å². The van der Waals surface area contributed by atoms with Crippen LogP contribution in [0.3, 0.4) is 0 Å². The molecule has 0 aliphatic carbocycles. The molecule has 2 saturated heterocycles. The molecule has 0 radical (unpaired) electrons. The summed E-state index contributed by atoms with van der Waals surface area (Å²) in [6.07, 6.45) is 4.54. The third-order valence-corrected chi connectivity index (χ3v) is 5.46. The smallest absolute Gasteiger partial charge is 0.410 e. The van der Waals surface area contributed by atoms with Crippen molar-refractivity contribution < 1.29 is 19.0 Å². The molecule has 0 spiro atoms. The lowest BCUT2D eigenvalue weighted by Crippen LogP contribution is -2.53. The molecule has 2 aliphatic rings. The summed E-state index contributed by atoms with van der Waals surface area (Å²) in [6, 6.07) is -0.0563. The monoisotopic (exact) mass is 383 g/mol. The van der Waals surface area contributed by atoms with E-state index in [-0.39, 0.29) is 18.2 Å². The first-order valence-electron chi connectivity index (χ1n) is 10.7. The molecule has 0 aromatic rings. The molecule has 0 aromatic heterocycles. The third kappa shape index (κ3) is 6.35. The molecular formula is C22H41NO4. The summed E-state index contributed by atoms with van der Waals surface area (Å²) in [5.41, 5.74) is -0.497. The van der Waals surface area contributed by atoms with E-state index in [2.05, 4.69) is 20.8 Å². The Labute approximate surface area is 166 Å². The fourth-order valence-corrected chi connectivity index (χ4v) is 4.56. The highest BCUT2D eigenvalue weighted by molar-refractivity contribution is 5.69. The molecule has 0 saturated carbocycles. The van der Waals surface area contributed by atoms with Gasteiger partial charge in [-0.15, -0.1) is 0 Å². The van der Waals surface area contributed by atoms with Gasteiger partial charge in [0.2, 0.25) is 0 Å². The van der Waals surface area contributed by atoms with Crippen molar-refractivity contribution in [3.05, 3.63) is 0 Å². The number of nitrogens with zero attached hydrogens (tertiary/aromatic N) is 1. The highest BCUT2D eigenvalue weighted by Crippen LogP contribution is 2.40. The van der Waals surface area contributed by atoms with Crippen LogP contribution in [0.2, 0.25) is 0 Å². The predicted octanol–water partition coefficient (Wildman–Crippen LogP) is 5.23. The van der Waals surface area contributed by atoms with Crippen LogP contribution in [0.1, 0.15) is 81.1 Å². The number of hydrogen-bond donors (Lipinski definition) is 0. The van der Waals surface area contributed by atoms with Crippen LogP contribution in [0, 0.1) is 17.8 Å². The molecule has 158 valence electrons. The van der Waals surface area contributed by atoms with Gasteiger partial charge in [0, 0.05) is 12.5 Å². The summed E-state index contributed by atoms with van der Waals surface area (Å²) < 4.78 is 17.9. The maximum absolute atomic E-state index is 12.8. The summed E-state index contributed by atoms with van der Waals surface area (Å²) in [6.45, 7) is 17.7. The second-order valence-electron chi connectivity index (χ2n) is 10.3. The van der Waals surface area contributed by atoms with Crippen molar-refractivity contribution in [2.45, 2.75) is 105 Å². The lowest BCUT2D eigenvalue weighted by atomic mass is 9.83. The number of likely N-dealkylation sites (tertiary alicyclic amines) is 1. The van der Waals surface area contributed by atoms with E-state index >= 15 is 0 Å². The van der Waals surface area contributed by atoms with Crippen molar-refractivity contribution in [2.75, 3.05) is 13.2 Å². The molecule has 1 amide bonds. The molecule has 27 heavy (non-hydrogen) atoms. The Kier molecular flexibility index (Phi) is 7.23. The minimum atomic E-state index is -0.596. The number of ether oxygens (including phenoxy) is 3. The quantitative estimate of drug-likeness (QED) is 0.630. The highest BCUT2D eigenvalue weighted by Gasteiger charge is 2.51. The highest BCUT2D eigenvalue weighted by atomic mass is 16.7. The van der Waals surface area contributed by atoms with E-state index in [9.17, 15) is 4.79 Å². The Morgan fingerprint density at radius 1 is 1.30 bits per heavy atom. The fraction of sp³-hybridized carbons (Fsp3) is 0.955. The number of hydrogen-bond acceptors (Lipinski definition) is 4. The zero-order valence-electron chi connectivity index (χ0n) is 18.7. The molecule has 2 aliphatic heterocycles. The van der Waals surface area contributed by atoms with E-state index in [1.54, 1.807) is 0 Å². The van der Waals surface area contributed by atoms with Crippen LogP contribution >= 0.6 is 0 Å². The van der Waals surface area contributed by atoms with Gasteiger partial charge in [0.15, 0.2) is 5.79 Å². The van der Waals surface area contributed by atoms with Crippen molar-refractivity contribution in [3.63, 3.8) is 0 Å². The average molecular weight is 384 g/mol. The molecule has 2 rings (SSSR count). The van der Waals surface area contributed by atoms with Crippen LogP contribution < -0.4 is 0 Å². The molecule has 0 aromatic carbocycles. The van der Waals surface area contributed by atoms with E-state index in [4.69, 9.17) is 14.2 Å². The molecule has 4 unspecified atom stereocenters. The van der Waals surface area contributed by atoms with Crippen molar-refractivity contribution in [1.82, 2.24) is 4.90 Å². The maximum atomic E-state index is 12.8. The number of carbonyl (C=O) groups is 1. The maximum Gasteiger partial charge on any atom is 0.410 e. The second-order valence-corrected chi connectivity index (χ2v) is 10.3. The zero-order valence-corrected chi connectivity index (χ0v) is 18.7. The van der Waals surface area contributed by atoms with Crippen LogP contribution in [0.5, 0.6) is 0 Å². The van der Waals surface area contributed by atoms with Gasteiger partial charge in [-0.3, -0.25) is 4.90 Å². The van der Waals surface area contributed by atoms with Gasteiger partial charge in [-0.1, -0.05) is 33.6 Å². The fourth-order valence-electron chi connectivity index (χ4n) is 4.56. The Morgan fingerprint density at radius 3 is 2.52 bits per heavy atom. The van der Waals surface area contributed by atoms with Gasteiger partial charge in [0.1, 0.15) is 5.60 Å². The lowest BCUT2D eigenvalue weighted by Gasteiger charge is -2.41. The summed E-state index contributed by atoms with van der Waals surface area (Å²) >= 11 is 0. The summed E-state index contributed by atoms with van der Waals surface area (Å²) in [5, 5.41) is 0. The first-order valence-corrected chi connectivity index (χ1v) is 10.7. The summed E-state index contributed by atoms with van der Waals surface area (Å²) in [4.78, 5) is 14.7. The summed E-state index contributed by atoms with van der Waals surface area (Å²) in [5.74, 6) is 1.10. The SMILES string of the molecule is CCCC(CC(C)C)CC1CN(C(=O)OC(C)(C)C)C2COC(C)(C)OC12. The number of fused-ring (bicyclic) bond motifs is 1. The van der Waals surface area contributed by atoms with E-state index in [1.165, 1.54) is 19.3 Å². The number of rotatable bonds is 6. The van der Waals surface area contributed by atoms with Crippen LogP contribution in [0.4, 0.5) is 4.79 Å². The van der Waals surface area contributed by atoms with Gasteiger partial charge < -0.3 is 14.2 Å². The largest absolute Gasteiger partial charge is 0.444 e. The third-order valence-electron chi connectivity index (χ3n) is 5.46. The zero-order chi connectivity index (χ0) is 20.4. The minimum absolute atomic E-state index is 0.0211. The molecule has 0 N–H and O–H groups in total. The van der Waals surface area contributed by atoms with Crippen molar-refractivity contribution in [3.8, 4) is 0 Å². The molecule has 5 heteroatoms. The molecule has 2 fully saturated rings. The first-order chi connectivity index (χ1) is 12.4. The number of amides is 1.